The van der Waals surface area contributed by atoms with E-state index in [-0.39, 0.29) is 0 Å². The Labute approximate surface area is 61.3 Å². The summed E-state index contributed by atoms with van der Waals surface area (Å²) in [6.45, 7) is 5.24. The zero-order chi connectivity index (χ0) is 6.81. The summed E-state index contributed by atoms with van der Waals surface area (Å²) in [4.78, 5) is 2.42. The van der Waals surface area contributed by atoms with Crippen LogP contribution in [0.1, 0.15) is 6.42 Å². The quantitative estimate of drug-likeness (QED) is 0.500. The molecule has 0 unspecified atom stereocenters. The summed E-state index contributed by atoms with van der Waals surface area (Å²) < 4.78 is 5.34. The molecule has 3 heteroatoms. The normalized spacial score (nSPS) is 35.4. The fourth-order valence-electron chi connectivity index (χ4n) is 1.66. The highest BCUT2D eigenvalue weighted by molar-refractivity contribution is 4.79. The van der Waals surface area contributed by atoms with Gasteiger partial charge in [-0.15, -0.1) is 0 Å². The van der Waals surface area contributed by atoms with Gasteiger partial charge in [0.25, 0.3) is 0 Å². The lowest BCUT2D eigenvalue weighted by molar-refractivity contribution is -0.0554. The molecule has 2 rings (SSSR count). The molecule has 0 aromatic carbocycles. The van der Waals surface area contributed by atoms with Crippen LogP contribution in [0, 0.1) is 0 Å². The summed E-state index contributed by atoms with van der Waals surface area (Å²) in [5.74, 6) is 0. The van der Waals surface area contributed by atoms with Gasteiger partial charge in [-0.1, -0.05) is 0 Å². The zero-order valence-electron chi connectivity index (χ0n) is 6.18. The molecule has 2 fully saturated rings. The number of nitrogens with one attached hydrogen (secondary N) is 1. The number of fused-ring (bicyclic) bond motifs is 1. The van der Waals surface area contributed by atoms with E-state index >= 15 is 0 Å². The van der Waals surface area contributed by atoms with Crippen LogP contribution < -0.4 is 5.32 Å². The molecule has 0 aliphatic carbocycles. The predicted molar refractivity (Wildman–Crippen MR) is 38.8 cm³/mol. The van der Waals surface area contributed by atoms with Crippen LogP contribution in [0.3, 0.4) is 0 Å². The molecule has 0 amide bonds. The Kier molecular flexibility index (Phi) is 1.88. The van der Waals surface area contributed by atoms with Gasteiger partial charge in [-0.25, -0.2) is 0 Å². The Hall–Kier alpha value is -0.120. The highest BCUT2D eigenvalue weighted by Crippen LogP contribution is 2.11. The van der Waals surface area contributed by atoms with Gasteiger partial charge < -0.3 is 10.1 Å². The number of hydrogen-bond donors (Lipinski definition) is 1. The van der Waals surface area contributed by atoms with Gasteiger partial charge in [0.1, 0.15) is 0 Å². The van der Waals surface area contributed by atoms with E-state index in [9.17, 15) is 0 Å². The third-order valence-electron chi connectivity index (χ3n) is 2.32. The van der Waals surface area contributed by atoms with E-state index in [2.05, 4.69) is 10.2 Å². The third kappa shape index (κ3) is 1.17. The van der Waals surface area contributed by atoms with E-state index in [1.807, 2.05) is 0 Å². The molecule has 2 aliphatic rings. The molecule has 0 saturated carbocycles. The fraction of sp³-hybridized carbons (Fsp3) is 1.00. The van der Waals surface area contributed by atoms with Gasteiger partial charge in [0.05, 0.1) is 6.73 Å². The SMILES string of the molecule is C1CN2COCC[C@@H]2CN1. The highest BCUT2D eigenvalue weighted by Gasteiger charge is 2.24. The largest absolute Gasteiger partial charge is 0.366 e. The summed E-state index contributed by atoms with van der Waals surface area (Å²) in [5.41, 5.74) is 0. The Morgan fingerprint density at radius 1 is 1.50 bits per heavy atom. The van der Waals surface area contributed by atoms with Gasteiger partial charge in [-0.05, 0) is 6.42 Å². The minimum Gasteiger partial charge on any atom is -0.366 e. The average molecular weight is 142 g/mol. The summed E-state index contributed by atoms with van der Waals surface area (Å²) in [5, 5.41) is 3.39. The van der Waals surface area contributed by atoms with E-state index in [1.54, 1.807) is 0 Å². The molecule has 0 bridgehead atoms. The van der Waals surface area contributed by atoms with Crippen molar-refractivity contribution >= 4 is 0 Å². The molecule has 2 aliphatic heterocycles. The molecule has 1 atom stereocenters. The maximum Gasteiger partial charge on any atom is 0.0993 e. The van der Waals surface area contributed by atoms with Crippen LogP contribution in [0.5, 0.6) is 0 Å². The van der Waals surface area contributed by atoms with Crippen LogP contribution in [-0.2, 0) is 4.74 Å². The molecule has 0 aromatic heterocycles. The molecular formula is C7H14N2O. The van der Waals surface area contributed by atoms with Crippen molar-refractivity contribution < 1.29 is 4.74 Å². The Bertz CT molecular complexity index is 92.2. The van der Waals surface area contributed by atoms with Crippen molar-refractivity contribution in [2.75, 3.05) is 33.0 Å². The summed E-state index contributed by atoms with van der Waals surface area (Å²) in [7, 11) is 0. The van der Waals surface area contributed by atoms with Crippen molar-refractivity contribution in [3.05, 3.63) is 0 Å². The first kappa shape index (κ1) is 6.58. The topological polar surface area (TPSA) is 24.5 Å². The Morgan fingerprint density at radius 2 is 2.50 bits per heavy atom. The molecule has 2 heterocycles. The maximum absolute atomic E-state index is 5.34. The van der Waals surface area contributed by atoms with Crippen molar-refractivity contribution in [2.24, 2.45) is 0 Å². The van der Waals surface area contributed by atoms with Gasteiger partial charge in [-0.3, -0.25) is 4.90 Å². The molecule has 0 radical (unpaired) electrons. The van der Waals surface area contributed by atoms with Crippen LogP contribution in [-0.4, -0.2) is 43.9 Å². The standard InChI is InChI=1S/C7H14N2O/c1-4-10-6-9-3-2-8-5-7(1)9/h7-8H,1-6H2/t7-/m1/s1. The molecule has 58 valence electrons. The van der Waals surface area contributed by atoms with Gasteiger partial charge in [0.15, 0.2) is 0 Å². The number of ether oxygens (including phenoxy) is 1. The first-order valence-corrected chi connectivity index (χ1v) is 3.99. The molecular weight excluding hydrogens is 128 g/mol. The lowest BCUT2D eigenvalue weighted by Gasteiger charge is -2.39. The molecule has 0 spiro atoms. The van der Waals surface area contributed by atoms with Gasteiger partial charge >= 0.3 is 0 Å². The number of rotatable bonds is 0. The summed E-state index contributed by atoms with van der Waals surface area (Å²) >= 11 is 0. The lowest BCUT2D eigenvalue weighted by Crippen LogP contribution is -2.54. The van der Waals surface area contributed by atoms with Crippen LogP contribution in [0.15, 0.2) is 0 Å². The second-order valence-electron chi connectivity index (χ2n) is 3.00. The van der Waals surface area contributed by atoms with Gasteiger partial charge in [0, 0.05) is 32.3 Å². The second kappa shape index (κ2) is 2.86. The number of piperazine rings is 1. The van der Waals surface area contributed by atoms with Crippen LogP contribution in [0.25, 0.3) is 0 Å². The van der Waals surface area contributed by atoms with E-state index < -0.39 is 0 Å². The van der Waals surface area contributed by atoms with E-state index in [1.165, 1.54) is 6.42 Å². The van der Waals surface area contributed by atoms with Crippen molar-refractivity contribution in [3.63, 3.8) is 0 Å². The first-order valence-electron chi connectivity index (χ1n) is 3.99. The van der Waals surface area contributed by atoms with Crippen molar-refractivity contribution in [1.82, 2.24) is 10.2 Å². The Balaban J connectivity index is 1.93. The van der Waals surface area contributed by atoms with Crippen LogP contribution in [0.4, 0.5) is 0 Å². The highest BCUT2D eigenvalue weighted by atomic mass is 16.5. The van der Waals surface area contributed by atoms with Gasteiger partial charge in [-0.2, -0.15) is 0 Å². The van der Waals surface area contributed by atoms with E-state index in [4.69, 9.17) is 4.74 Å². The fourth-order valence-corrected chi connectivity index (χ4v) is 1.66. The molecule has 0 aromatic rings. The van der Waals surface area contributed by atoms with Gasteiger partial charge in [0.2, 0.25) is 0 Å². The van der Waals surface area contributed by atoms with Crippen LogP contribution in [0.2, 0.25) is 0 Å². The summed E-state index contributed by atoms with van der Waals surface area (Å²) in [6.07, 6.45) is 1.20. The van der Waals surface area contributed by atoms with Crippen molar-refractivity contribution in [2.45, 2.75) is 12.5 Å². The average Bonchev–Trinajstić information content (AvgIpc) is 2.05. The predicted octanol–water partition coefficient (Wildman–Crippen LogP) is -0.362. The number of nitrogens with zero attached hydrogens (tertiary/aromatic N) is 1. The van der Waals surface area contributed by atoms with E-state index in [0.717, 1.165) is 39.0 Å². The Morgan fingerprint density at radius 3 is 3.40 bits per heavy atom. The summed E-state index contributed by atoms with van der Waals surface area (Å²) in [6, 6.07) is 0.752. The van der Waals surface area contributed by atoms with Crippen molar-refractivity contribution in [1.29, 1.82) is 0 Å². The minimum atomic E-state index is 0.752. The first-order chi connectivity index (χ1) is 4.97. The molecule has 2 saturated heterocycles. The van der Waals surface area contributed by atoms with Crippen LogP contribution >= 0.6 is 0 Å². The molecule has 10 heavy (non-hydrogen) atoms. The maximum atomic E-state index is 5.34. The monoisotopic (exact) mass is 142 g/mol. The smallest absolute Gasteiger partial charge is 0.0993 e. The lowest BCUT2D eigenvalue weighted by atomic mass is 10.1. The molecule has 1 N–H and O–H groups in total. The van der Waals surface area contributed by atoms with Crippen molar-refractivity contribution in [3.8, 4) is 0 Å². The molecule has 3 nitrogen and oxygen atoms in total. The number of hydrogen-bond acceptors (Lipinski definition) is 3. The zero-order valence-corrected chi connectivity index (χ0v) is 6.18. The third-order valence-corrected chi connectivity index (χ3v) is 2.32. The van der Waals surface area contributed by atoms with E-state index in [0.29, 0.717) is 0 Å². The second-order valence-corrected chi connectivity index (χ2v) is 3.00. The minimum absolute atomic E-state index is 0.752.